The van der Waals surface area contributed by atoms with Crippen molar-refractivity contribution in [1.82, 2.24) is 10.6 Å². The predicted octanol–water partition coefficient (Wildman–Crippen LogP) is 1.70. The van der Waals surface area contributed by atoms with Crippen LogP contribution in [-0.4, -0.2) is 29.6 Å². The van der Waals surface area contributed by atoms with Crippen molar-refractivity contribution in [3.05, 3.63) is 35.4 Å². The lowest BCUT2D eigenvalue weighted by Gasteiger charge is -2.16. The lowest BCUT2D eigenvalue weighted by atomic mass is 10.0. The molecule has 0 bridgehead atoms. The second-order valence-electron chi connectivity index (χ2n) is 5.66. The van der Waals surface area contributed by atoms with Gasteiger partial charge in [0, 0.05) is 6.54 Å². The van der Waals surface area contributed by atoms with Crippen LogP contribution in [0.25, 0.3) is 0 Å². The number of aliphatic carboxylic acids is 1. The first kappa shape index (κ1) is 17.2. The van der Waals surface area contributed by atoms with Gasteiger partial charge in [-0.2, -0.15) is 0 Å². The second kappa shape index (κ2) is 8.42. The van der Waals surface area contributed by atoms with Crippen LogP contribution < -0.4 is 10.6 Å². The van der Waals surface area contributed by atoms with Gasteiger partial charge < -0.3 is 10.4 Å². The van der Waals surface area contributed by atoms with Gasteiger partial charge in [0.2, 0.25) is 5.91 Å². The number of benzene rings is 1. The zero-order valence-corrected chi connectivity index (χ0v) is 12.8. The van der Waals surface area contributed by atoms with Crippen LogP contribution in [0.5, 0.6) is 0 Å². The molecule has 1 aromatic carbocycles. The Morgan fingerprint density at radius 1 is 1.19 bits per heavy atom. The Morgan fingerprint density at radius 3 is 2.33 bits per heavy atom. The minimum atomic E-state index is -0.921. The van der Waals surface area contributed by atoms with Gasteiger partial charge in [-0.05, 0) is 24.8 Å². The summed E-state index contributed by atoms with van der Waals surface area (Å²) < 4.78 is 0. The van der Waals surface area contributed by atoms with Crippen LogP contribution in [0.4, 0.5) is 0 Å². The van der Waals surface area contributed by atoms with Crippen molar-refractivity contribution >= 4 is 11.9 Å². The number of carbonyl (C=O) groups excluding carboxylic acids is 1. The molecule has 0 saturated carbocycles. The smallest absolute Gasteiger partial charge is 0.320 e. The normalized spacial score (nSPS) is 12.2. The first-order valence-corrected chi connectivity index (χ1v) is 7.17. The molecule has 0 radical (unpaired) electrons. The summed E-state index contributed by atoms with van der Waals surface area (Å²) in [4.78, 5) is 22.8. The Labute approximate surface area is 125 Å². The molecule has 1 amide bonds. The Balaban J connectivity index is 2.35. The van der Waals surface area contributed by atoms with E-state index in [0.717, 1.165) is 5.56 Å². The maximum absolute atomic E-state index is 11.7. The van der Waals surface area contributed by atoms with Gasteiger partial charge in [-0.15, -0.1) is 0 Å². The maximum atomic E-state index is 11.7. The van der Waals surface area contributed by atoms with Crippen molar-refractivity contribution in [1.29, 1.82) is 0 Å². The van der Waals surface area contributed by atoms with Gasteiger partial charge in [-0.3, -0.25) is 14.9 Å². The Hall–Kier alpha value is -1.88. The van der Waals surface area contributed by atoms with Gasteiger partial charge >= 0.3 is 5.97 Å². The van der Waals surface area contributed by atoms with Crippen LogP contribution in [-0.2, 0) is 16.1 Å². The van der Waals surface area contributed by atoms with Crippen molar-refractivity contribution in [2.24, 2.45) is 5.92 Å². The molecule has 1 rings (SSSR count). The van der Waals surface area contributed by atoms with Crippen molar-refractivity contribution in [2.75, 3.05) is 6.54 Å². The molecule has 5 nitrogen and oxygen atoms in total. The van der Waals surface area contributed by atoms with E-state index in [1.807, 2.05) is 45.0 Å². The highest BCUT2D eigenvalue weighted by Crippen LogP contribution is 2.05. The summed E-state index contributed by atoms with van der Waals surface area (Å²) in [5.41, 5.74) is 2.19. The largest absolute Gasteiger partial charge is 0.480 e. The number of carboxylic acids is 1. The average Bonchev–Trinajstić information content (AvgIpc) is 2.42. The van der Waals surface area contributed by atoms with E-state index in [4.69, 9.17) is 5.11 Å². The van der Waals surface area contributed by atoms with Crippen molar-refractivity contribution in [3.63, 3.8) is 0 Å². The molecule has 21 heavy (non-hydrogen) atoms. The van der Waals surface area contributed by atoms with Crippen molar-refractivity contribution in [2.45, 2.75) is 39.8 Å². The van der Waals surface area contributed by atoms with Crippen molar-refractivity contribution < 1.29 is 14.7 Å². The molecule has 0 saturated heterocycles. The summed E-state index contributed by atoms with van der Waals surface area (Å²) in [6, 6.07) is 7.21. The fourth-order valence-corrected chi connectivity index (χ4v) is 1.93. The van der Waals surface area contributed by atoms with Gasteiger partial charge in [0.05, 0.1) is 6.54 Å². The second-order valence-corrected chi connectivity index (χ2v) is 5.66. The van der Waals surface area contributed by atoms with Crippen LogP contribution in [0.1, 0.15) is 31.4 Å². The number of hydrogen-bond donors (Lipinski definition) is 3. The van der Waals surface area contributed by atoms with Gasteiger partial charge in [0.15, 0.2) is 0 Å². The van der Waals surface area contributed by atoms with Crippen LogP contribution >= 0.6 is 0 Å². The lowest BCUT2D eigenvalue weighted by Crippen LogP contribution is -2.43. The number of carboxylic acid groups (broad SMARTS) is 1. The summed E-state index contributed by atoms with van der Waals surface area (Å²) in [7, 11) is 0. The zero-order chi connectivity index (χ0) is 15.8. The zero-order valence-electron chi connectivity index (χ0n) is 12.8. The minimum absolute atomic E-state index is 0.00947. The molecule has 3 N–H and O–H groups in total. The standard InChI is InChI=1S/C16H24N2O3/c1-11(2)8-14(16(20)21)17-10-15(19)18-9-13-6-4-12(3)5-7-13/h4-7,11,14,17H,8-10H2,1-3H3,(H,18,19)(H,20,21). The topological polar surface area (TPSA) is 78.4 Å². The molecule has 0 aliphatic carbocycles. The predicted molar refractivity (Wildman–Crippen MR) is 81.9 cm³/mol. The molecular weight excluding hydrogens is 268 g/mol. The third-order valence-corrected chi connectivity index (χ3v) is 3.12. The van der Waals surface area contributed by atoms with E-state index in [1.54, 1.807) is 0 Å². The van der Waals surface area contributed by atoms with E-state index in [1.165, 1.54) is 5.56 Å². The molecular formula is C16H24N2O3. The van der Waals surface area contributed by atoms with E-state index < -0.39 is 12.0 Å². The highest BCUT2D eigenvalue weighted by Gasteiger charge is 2.18. The molecule has 0 spiro atoms. The first-order chi connectivity index (χ1) is 9.88. The van der Waals surface area contributed by atoms with E-state index in [2.05, 4.69) is 10.6 Å². The molecule has 0 aliphatic heterocycles. The molecule has 0 aliphatic rings. The highest BCUT2D eigenvalue weighted by molar-refractivity contribution is 5.79. The van der Waals surface area contributed by atoms with E-state index >= 15 is 0 Å². The Bertz CT molecular complexity index is 469. The van der Waals surface area contributed by atoms with E-state index in [-0.39, 0.29) is 18.4 Å². The number of aryl methyl sites for hydroxylation is 1. The minimum Gasteiger partial charge on any atom is -0.480 e. The van der Waals surface area contributed by atoms with E-state index in [0.29, 0.717) is 13.0 Å². The van der Waals surface area contributed by atoms with Gasteiger partial charge in [0.25, 0.3) is 0 Å². The third kappa shape index (κ3) is 6.90. The number of amides is 1. The van der Waals surface area contributed by atoms with Crippen LogP contribution in [0.3, 0.4) is 0 Å². The SMILES string of the molecule is Cc1ccc(CNC(=O)CNC(CC(C)C)C(=O)O)cc1. The highest BCUT2D eigenvalue weighted by atomic mass is 16.4. The van der Waals surface area contributed by atoms with Gasteiger partial charge in [-0.25, -0.2) is 0 Å². The van der Waals surface area contributed by atoms with Gasteiger partial charge in [0.1, 0.15) is 6.04 Å². The lowest BCUT2D eigenvalue weighted by molar-refractivity contribution is -0.140. The van der Waals surface area contributed by atoms with Crippen LogP contribution in [0.15, 0.2) is 24.3 Å². The quantitative estimate of drug-likeness (QED) is 0.681. The van der Waals surface area contributed by atoms with E-state index in [9.17, 15) is 9.59 Å². The molecule has 116 valence electrons. The number of hydrogen-bond acceptors (Lipinski definition) is 3. The number of carbonyl (C=O) groups is 2. The molecule has 0 heterocycles. The molecule has 0 aromatic heterocycles. The summed E-state index contributed by atoms with van der Waals surface area (Å²) in [6.45, 7) is 6.37. The molecule has 5 heteroatoms. The van der Waals surface area contributed by atoms with Crippen molar-refractivity contribution in [3.8, 4) is 0 Å². The molecule has 1 unspecified atom stereocenters. The Kier molecular flexibility index (Phi) is 6.88. The maximum Gasteiger partial charge on any atom is 0.320 e. The first-order valence-electron chi connectivity index (χ1n) is 7.17. The molecule has 1 atom stereocenters. The fourth-order valence-electron chi connectivity index (χ4n) is 1.93. The fraction of sp³-hybridized carbons (Fsp3) is 0.500. The Morgan fingerprint density at radius 2 is 1.81 bits per heavy atom. The molecule has 0 fully saturated rings. The van der Waals surface area contributed by atoms with Crippen LogP contribution in [0, 0.1) is 12.8 Å². The number of rotatable bonds is 8. The monoisotopic (exact) mass is 292 g/mol. The average molecular weight is 292 g/mol. The summed E-state index contributed by atoms with van der Waals surface area (Å²) in [6.07, 6.45) is 0.501. The molecule has 1 aromatic rings. The van der Waals surface area contributed by atoms with Crippen LogP contribution in [0.2, 0.25) is 0 Å². The van der Waals surface area contributed by atoms with Gasteiger partial charge in [-0.1, -0.05) is 43.7 Å². The number of nitrogens with one attached hydrogen (secondary N) is 2. The summed E-state index contributed by atoms with van der Waals surface area (Å²) in [5.74, 6) is -0.866. The third-order valence-electron chi connectivity index (χ3n) is 3.12. The summed E-state index contributed by atoms with van der Waals surface area (Å²) >= 11 is 0. The summed E-state index contributed by atoms with van der Waals surface area (Å²) in [5, 5.41) is 14.6.